The molecule has 1 fully saturated rings. The van der Waals surface area contributed by atoms with Gasteiger partial charge in [0.05, 0.1) is 18.3 Å². The Labute approximate surface area is 88.5 Å². The van der Waals surface area contributed by atoms with E-state index in [0.717, 1.165) is 11.3 Å². The lowest BCUT2D eigenvalue weighted by atomic mass is 9.88. The van der Waals surface area contributed by atoms with E-state index in [-0.39, 0.29) is 5.97 Å². The van der Waals surface area contributed by atoms with E-state index in [9.17, 15) is 4.79 Å². The Hall–Kier alpha value is -1.29. The summed E-state index contributed by atoms with van der Waals surface area (Å²) in [6.45, 7) is 2.23. The van der Waals surface area contributed by atoms with Crippen molar-refractivity contribution >= 4 is 5.97 Å². The summed E-state index contributed by atoms with van der Waals surface area (Å²) in [6, 6.07) is 0. The van der Waals surface area contributed by atoms with E-state index in [0.29, 0.717) is 18.6 Å². The number of hydrogen-bond donors (Lipinski definition) is 0. The maximum Gasteiger partial charge on any atom is 0.338 e. The number of esters is 1. The van der Waals surface area contributed by atoms with Crippen molar-refractivity contribution in [2.45, 2.75) is 18.9 Å². The minimum atomic E-state index is -0.479. The molecule has 0 radical (unpaired) electrons. The largest absolute Gasteiger partial charge is 0.501 e. The van der Waals surface area contributed by atoms with Crippen LogP contribution in [-0.2, 0) is 19.0 Å². The SMILES string of the molecule is COC1=C2COC(=O)C2=CC(C)(OC)C1. The molecule has 1 saturated heterocycles. The van der Waals surface area contributed by atoms with Gasteiger partial charge in [-0.2, -0.15) is 0 Å². The highest BCUT2D eigenvalue weighted by atomic mass is 16.5. The average Bonchev–Trinajstić information content (AvgIpc) is 2.59. The van der Waals surface area contributed by atoms with Gasteiger partial charge in [-0.15, -0.1) is 0 Å². The van der Waals surface area contributed by atoms with Crippen molar-refractivity contribution in [1.29, 1.82) is 0 Å². The minimum Gasteiger partial charge on any atom is -0.501 e. The van der Waals surface area contributed by atoms with Gasteiger partial charge < -0.3 is 14.2 Å². The zero-order valence-electron chi connectivity index (χ0n) is 9.12. The van der Waals surface area contributed by atoms with E-state index in [1.165, 1.54) is 0 Å². The topological polar surface area (TPSA) is 44.8 Å². The molecule has 1 heterocycles. The summed E-state index contributed by atoms with van der Waals surface area (Å²) in [5.41, 5.74) is 0.965. The van der Waals surface area contributed by atoms with Crippen LogP contribution in [0.3, 0.4) is 0 Å². The summed E-state index contributed by atoms with van der Waals surface area (Å²) < 4.78 is 15.6. The van der Waals surface area contributed by atoms with Crippen molar-refractivity contribution in [3.8, 4) is 0 Å². The van der Waals surface area contributed by atoms with Crippen molar-refractivity contribution in [3.63, 3.8) is 0 Å². The van der Waals surface area contributed by atoms with Gasteiger partial charge in [0.2, 0.25) is 0 Å². The lowest BCUT2D eigenvalue weighted by molar-refractivity contribution is -0.135. The van der Waals surface area contributed by atoms with Crippen molar-refractivity contribution in [2.24, 2.45) is 0 Å². The van der Waals surface area contributed by atoms with Crippen LogP contribution < -0.4 is 0 Å². The Kier molecular flexibility index (Phi) is 2.31. The molecule has 2 aliphatic rings. The van der Waals surface area contributed by atoms with Gasteiger partial charge in [0, 0.05) is 19.1 Å². The van der Waals surface area contributed by atoms with E-state index in [1.54, 1.807) is 14.2 Å². The highest BCUT2D eigenvalue weighted by molar-refractivity contribution is 5.97. The first kappa shape index (κ1) is 10.2. The smallest absolute Gasteiger partial charge is 0.338 e. The van der Waals surface area contributed by atoms with Crippen LogP contribution in [0.1, 0.15) is 13.3 Å². The highest BCUT2D eigenvalue weighted by Crippen LogP contribution is 2.37. The van der Waals surface area contributed by atoms with E-state index in [1.807, 2.05) is 13.0 Å². The van der Waals surface area contributed by atoms with Crippen LogP contribution in [0, 0.1) is 0 Å². The van der Waals surface area contributed by atoms with Crippen LogP contribution in [0.4, 0.5) is 0 Å². The van der Waals surface area contributed by atoms with Gasteiger partial charge >= 0.3 is 5.97 Å². The molecule has 1 unspecified atom stereocenters. The molecule has 0 aromatic carbocycles. The second-order valence-corrected chi connectivity index (χ2v) is 3.93. The van der Waals surface area contributed by atoms with Crippen molar-refractivity contribution in [1.82, 2.24) is 0 Å². The van der Waals surface area contributed by atoms with Gasteiger partial charge in [-0.25, -0.2) is 4.79 Å². The Morgan fingerprint density at radius 3 is 2.80 bits per heavy atom. The number of fused-ring (bicyclic) bond motifs is 1. The first-order chi connectivity index (χ1) is 7.09. The van der Waals surface area contributed by atoms with Crippen LogP contribution in [0.2, 0.25) is 0 Å². The summed E-state index contributed by atoms with van der Waals surface area (Å²) in [4.78, 5) is 11.4. The highest BCUT2D eigenvalue weighted by Gasteiger charge is 2.38. The van der Waals surface area contributed by atoms with Crippen LogP contribution in [0.25, 0.3) is 0 Å². The van der Waals surface area contributed by atoms with Gasteiger partial charge in [-0.1, -0.05) is 0 Å². The van der Waals surface area contributed by atoms with Gasteiger partial charge in [0.1, 0.15) is 12.4 Å². The Bertz CT molecular complexity index is 367. The fourth-order valence-corrected chi connectivity index (χ4v) is 1.90. The molecular weight excluding hydrogens is 196 g/mol. The molecular formula is C11H14O4. The average molecular weight is 210 g/mol. The molecule has 2 rings (SSSR count). The summed E-state index contributed by atoms with van der Waals surface area (Å²) in [5, 5.41) is 0. The molecule has 4 heteroatoms. The van der Waals surface area contributed by atoms with Gasteiger partial charge in [0.15, 0.2) is 0 Å². The molecule has 0 bridgehead atoms. The van der Waals surface area contributed by atoms with Crippen molar-refractivity contribution < 1.29 is 19.0 Å². The standard InChI is InChI=1S/C11H14O4/c1-11(14-3)4-7-8(6-15-10(7)12)9(5-11)13-2/h4H,5-6H2,1-3H3. The minimum absolute atomic E-state index is 0.289. The molecule has 1 aliphatic carbocycles. The van der Waals surface area contributed by atoms with E-state index in [4.69, 9.17) is 14.2 Å². The zero-order chi connectivity index (χ0) is 11.1. The van der Waals surface area contributed by atoms with Crippen LogP contribution in [0.5, 0.6) is 0 Å². The van der Waals surface area contributed by atoms with Gasteiger partial charge in [0.25, 0.3) is 0 Å². The van der Waals surface area contributed by atoms with Crippen molar-refractivity contribution in [2.75, 3.05) is 20.8 Å². The second-order valence-electron chi connectivity index (χ2n) is 3.93. The number of ether oxygens (including phenoxy) is 3. The summed E-state index contributed by atoms with van der Waals surface area (Å²) in [6.07, 6.45) is 2.45. The summed E-state index contributed by atoms with van der Waals surface area (Å²) >= 11 is 0. The maximum atomic E-state index is 11.4. The summed E-state index contributed by atoms with van der Waals surface area (Å²) in [7, 11) is 3.22. The van der Waals surface area contributed by atoms with Crippen LogP contribution >= 0.6 is 0 Å². The monoisotopic (exact) mass is 210 g/mol. The molecule has 0 N–H and O–H groups in total. The first-order valence-electron chi connectivity index (χ1n) is 4.81. The number of hydrogen-bond acceptors (Lipinski definition) is 4. The Morgan fingerprint density at radius 2 is 2.20 bits per heavy atom. The number of carbonyl (C=O) groups is 1. The van der Waals surface area contributed by atoms with Crippen molar-refractivity contribution in [3.05, 3.63) is 23.0 Å². The summed E-state index contributed by atoms with van der Waals surface area (Å²) in [5.74, 6) is 0.491. The molecule has 82 valence electrons. The fraction of sp³-hybridized carbons (Fsp3) is 0.545. The third-order valence-corrected chi connectivity index (χ3v) is 2.90. The van der Waals surface area contributed by atoms with Crippen LogP contribution in [0.15, 0.2) is 23.0 Å². The predicted octanol–water partition coefficient (Wildman–Crippen LogP) is 1.18. The number of cyclic esters (lactones) is 1. The molecule has 4 nitrogen and oxygen atoms in total. The number of methoxy groups -OCH3 is 2. The van der Waals surface area contributed by atoms with Gasteiger partial charge in [-0.05, 0) is 13.0 Å². The predicted molar refractivity (Wildman–Crippen MR) is 53.1 cm³/mol. The molecule has 1 atom stereocenters. The zero-order valence-corrected chi connectivity index (χ0v) is 9.12. The van der Waals surface area contributed by atoms with E-state index in [2.05, 4.69) is 0 Å². The lowest BCUT2D eigenvalue weighted by Crippen LogP contribution is -2.30. The molecule has 0 spiro atoms. The van der Waals surface area contributed by atoms with E-state index >= 15 is 0 Å². The molecule has 0 saturated carbocycles. The molecule has 0 amide bonds. The second kappa shape index (κ2) is 3.38. The number of carbonyl (C=O) groups excluding carboxylic acids is 1. The number of rotatable bonds is 2. The lowest BCUT2D eigenvalue weighted by Gasteiger charge is -2.29. The van der Waals surface area contributed by atoms with Gasteiger partial charge in [-0.3, -0.25) is 0 Å². The first-order valence-corrected chi connectivity index (χ1v) is 4.81. The third kappa shape index (κ3) is 1.55. The van der Waals surface area contributed by atoms with Crippen LogP contribution in [-0.4, -0.2) is 32.4 Å². The Morgan fingerprint density at radius 1 is 1.47 bits per heavy atom. The quantitative estimate of drug-likeness (QED) is 0.642. The normalized spacial score (nSPS) is 29.8. The molecule has 0 aromatic heterocycles. The molecule has 1 aliphatic heterocycles. The Balaban J connectivity index is 2.45. The maximum absolute atomic E-state index is 11.4. The molecule has 15 heavy (non-hydrogen) atoms. The van der Waals surface area contributed by atoms with E-state index < -0.39 is 5.60 Å². The fourth-order valence-electron chi connectivity index (χ4n) is 1.90. The molecule has 0 aromatic rings. The third-order valence-electron chi connectivity index (χ3n) is 2.90.